The second-order valence-electron chi connectivity index (χ2n) is 14.7. The maximum Gasteiger partial charge on any atom is 0.0125 e. The Bertz CT molecular complexity index is 2060. The van der Waals surface area contributed by atoms with Crippen molar-refractivity contribution < 1.29 is 0 Å². The van der Waals surface area contributed by atoms with E-state index in [0.717, 1.165) is 12.8 Å². The van der Waals surface area contributed by atoms with Gasteiger partial charge in [0.2, 0.25) is 0 Å². The van der Waals surface area contributed by atoms with Crippen LogP contribution in [0.4, 0.5) is 0 Å². The molecular weight excluding hydrogens is 528 g/mol. The van der Waals surface area contributed by atoms with Crippen LogP contribution in [0.3, 0.4) is 0 Å². The Morgan fingerprint density at radius 1 is 0.614 bits per heavy atom. The van der Waals surface area contributed by atoms with Gasteiger partial charge in [-0.1, -0.05) is 148 Å². The third-order valence-corrected chi connectivity index (χ3v) is 11.2. The van der Waals surface area contributed by atoms with Crippen LogP contribution in [-0.4, -0.2) is 0 Å². The van der Waals surface area contributed by atoms with Crippen molar-refractivity contribution in [3.8, 4) is 0 Å². The monoisotopic (exact) mass is 568 g/mol. The third kappa shape index (κ3) is 3.83. The highest BCUT2D eigenvalue weighted by molar-refractivity contribution is 6.03. The van der Waals surface area contributed by atoms with Crippen molar-refractivity contribution in [3.63, 3.8) is 0 Å². The van der Waals surface area contributed by atoms with Gasteiger partial charge in [0.05, 0.1) is 0 Å². The smallest absolute Gasteiger partial charge is 0.0125 e. The van der Waals surface area contributed by atoms with Crippen molar-refractivity contribution in [1.29, 1.82) is 0 Å². The van der Waals surface area contributed by atoms with E-state index in [1.165, 1.54) is 60.2 Å². The van der Waals surface area contributed by atoms with Crippen LogP contribution in [0.15, 0.2) is 132 Å². The maximum atomic E-state index is 2.57. The van der Waals surface area contributed by atoms with Gasteiger partial charge in [0, 0.05) is 35.5 Å². The minimum atomic E-state index is 0.156. The highest BCUT2D eigenvalue weighted by Crippen LogP contribution is 2.55. The van der Waals surface area contributed by atoms with Crippen LogP contribution in [0.5, 0.6) is 0 Å². The highest BCUT2D eigenvalue weighted by atomic mass is 14.5. The number of benzene rings is 2. The molecule has 6 atom stereocenters. The van der Waals surface area contributed by atoms with E-state index in [2.05, 4.69) is 148 Å². The van der Waals surface area contributed by atoms with Crippen molar-refractivity contribution in [2.24, 2.45) is 40.9 Å². The van der Waals surface area contributed by atoms with Crippen molar-refractivity contribution >= 4 is 34.1 Å². The van der Waals surface area contributed by atoms with Gasteiger partial charge in [-0.05, 0) is 78.5 Å². The highest BCUT2D eigenvalue weighted by Gasteiger charge is 2.45. The summed E-state index contributed by atoms with van der Waals surface area (Å²) in [4.78, 5) is 0. The molecular formula is C44H40. The molecule has 0 amide bonds. The van der Waals surface area contributed by atoms with Crippen molar-refractivity contribution in [3.05, 3.63) is 154 Å². The predicted molar refractivity (Wildman–Crippen MR) is 188 cm³/mol. The molecule has 7 aliphatic carbocycles. The van der Waals surface area contributed by atoms with E-state index in [1.54, 1.807) is 0 Å². The second-order valence-corrected chi connectivity index (χ2v) is 14.7. The first kappa shape index (κ1) is 26.3. The number of fused-ring (bicyclic) bond motifs is 3. The SMILES string of the molecule is CC(C)(C)C1=CC2C=CC3=CC=C(c4c5c(c(C6=CC=CC7C=CC=CC67)c6ccccc46)=CCCC=5)C4C=CC(=C1)C2C34. The molecule has 7 aliphatic rings. The average molecular weight is 569 g/mol. The minimum Gasteiger partial charge on any atom is -0.0767 e. The Balaban J connectivity index is 1.26. The Morgan fingerprint density at radius 2 is 1.30 bits per heavy atom. The number of hydrogen-bond acceptors (Lipinski definition) is 0. The first-order chi connectivity index (χ1) is 21.5. The van der Waals surface area contributed by atoms with Crippen LogP contribution < -0.4 is 10.4 Å². The molecule has 6 unspecified atom stereocenters. The summed E-state index contributed by atoms with van der Waals surface area (Å²) >= 11 is 0. The summed E-state index contributed by atoms with van der Waals surface area (Å²) in [6.45, 7) is 7.03. The van der Waals surface area contributed by atoms with Gasteiger partial charge in [-0.3, -0.25) is 0 Å². The van der Waals surface area contributed by atoms with E-state index in [4.69, 9.17) is 0 Å². The van der Waals surface area contributed by atoms with Crippen LogP contribution in [0, 0.1) is 40.9 Å². The number of hydrogen-bond donors (Lipinski definition) is 0. The standard InChI is InChI=1S/C44H40/c1-44(2,3)31-25-29-20-19-28-21-23-39(38-24-22-30(26-31)40(29)41(28)38)43-36-16-8-6-14-34(36)42(35-15-7-9-17-37(35)43)33-18-10-12-27-11-4-5-13-32(27)33/h4-6,8,10-27,29,32,38,40-41H,7,9H2,1-3H3. The second kappa shape index (κ2) is 9.67. The summed E-state index contributed by atoms with van der Waals surface area (Å²) in [6.07, 6.45) is 43.5. The van der Waals surface area contributed by atoms with Crippen LogP contribution >= 0.6 is 0 Å². The predicted octanol–water partition coefficient (Wildman–Crippen LogP) is 9.35. The van der Waals surface area contributed by atoms with E-state index in [-0.39, 0.29) is 5.41 Å². The van der Waals surface area contributed by atoms with Crippen molar-refractivity contribution in [2.75, 3.05) is 0 Å². The van der Waals surface area contributed by atoms with E-state index >= 15 is 0 Å². The molecule has 44 heavy (non-hydrogen) atoms. The topological polar surface area (TPSA) is 0 Å². The minimum absolute atomic E-state index is 0.156. The van der Waals surface area contributed by atoms with Gasteiger partial charge in [-0.2, -0.15) is 0 Å². The average Bonchev–Trinajstić information content (AvgIpc) is 3.05. The van der Waals surface area contributed by atoms with Gasteiger partial charge >= 0.3 is 0 Å². The maximum absolute atomic E-state index is 2.57. The lowest BCUT2D eigenvalue weighted by molar-refractivity contribution is 0.323. The van der Waals surface area contributed by atoms with E-state index < -0.39 is 0 Å². The molecule has 0 aliphatic heterocycles. The first-order valence-electron chi connectivity index (χ1n) is 16.7. The quantitative estimate of drug-likeness (QED) is 0.339. The van der Waals surface area contributed by atoms with Crippen LogP contribution in [0.1, 0.15) is 44.7 Å². The summed E-state index contributed by atoms with van der Waals surface area (Å²) in [5.74, 6) is 2.63. The summed E-state index contributed by atoms with van der Waals surface area (Å²) in [6, 6.07) is 9.27. The van der Waals surface area contributed by atoms with Gasteiger partial charge < -0.3 is 0 Å². The molecule has 216 valence electrons. The Hall–Kier alpha value is -4.16. The van der Waals surface area contributed by atoms with Gasteiger partial charge in [0.25, 0.3) is 0 Å². The molecule has 0 radical (unpaired) electrons. The lowest BCUT2D eigenvalue weighted by Gasteiger charge is -2.47. The molecule has 0 saturated carbocycles. The van der Waals surface area contributed by atoms with Gasteiger partial charge in [0.1, 0.15) is 0 Å². The molecule has 0 spiro atoms. The van der Waals surface area contributed by atoms with Crippen LogP contribution in [0.25, 0.3) is 34.1 Å². The van der Waals surface area contributed by atoms with Gasteiger partial charge in [0.15, 0.2) is 0 Å². The third-order valence-electron chi connectivity index (χ3n) is 11.2. The lowest BCUT2D eigenvalue weighted by Crippen LogP contribution is -2.40. The Kier molecular flexibility index (Phi) is 5.77. The summed E-state index contributed by atoms with van der Waals surface area (Å²) in [5.41, 5.74) is 10.5. The van der Waals surface area contributed by atoms with E-state index in [1.807, 2.05) is 0 Å². The molecule has 0 heteroatoms. The molecule has 0 nitrogen and oxygen atoms in total. The summed E-state index contributed by atoms with van der Waals surface area (Å²) in [7, 11) is 0. The largest absolute Gasteiger partial charge is 0.0767 e. The molecule has 0 N–H and O–H groups in total. The zero-order chi connectivity index (χ0) is 29.6. The van der Waals surface area contributed by atoms with Crippen LogP contribution in [0.2, 0.25) is 0 Å². The van der Waals surface area contributed by atoms with Crippen molar-refractivity contribution in [2.45, 2.75) is 33.6 Å². The number of rotatable bonds is 2. The molecule has 2 aromatic rings. The fourth-order valence-corrected chi connectivity index (χ4v) is 9.17. The summed E-state index contributed by atoms with van der Waals surface area (Å²) in [5, 5.41) is 5.69. The molecule has 2 aromatic carbocycles. The summed E-state index contributed by atoms with van der Waals surface area (Å²) < 4.78 is 0. The zero-order valence-electron chi connectivity index (χ0n) is 26.0. The fourth-order valence-electron chi connectivity index (χ4n) is 9.17. The first-order valence-corrected chi connectivity index (χ1v) is 16.7. The normalized spacial score (nSPS) is 30.6. The number of allylic oxidation sites excluding steroid dienone is 20. The van der Waals surface area contributed by atoms with Gasteiger partial charge in [-0.15, -0.1) is 0 Å². The van der Waals surface area contributed by atoms with E-state index in [9.17, 15) is 0 Å². The molecule has 0 fully saturated rings. The van der Waals surface area contributed by atoms with Gasteiger partial charge in [-0.25, -0.2) is 0 Å². The Labute approximate surface area is 261 Å². The fraction of sp³-hybridized carbons (Fsp3) is 0.273. The van der Waals surface area contributed by atoms with Crippen LogP contribution in [-0.2, 0) is 0 Å². The Morgan fingerprint density at radius 3 is 2.05 bits per heavy atom. The molecule has 0 saturated heterocycles. The zero-order valence-corrected chi connectivity index (χ0v) is 26.0. The molecule has 0 aromatic heterocycles. The molecule has 9 rings (SSSR count). The van der Waals surface area contributed by atoms with Crippen molar-refractivity contribution in [1.82, 2.24) is 0 Å². The molecule has 0 bridgehead atoms. The van der Waals surface area contributed by atoms with E-state index in [0.29, 0.717) is 35.5 Å². The lowest BCUT2D eigenvalue weighted by atomic mass is 9.56. The molecule has 0 heterocycles.